The molecule has 0 bridgehead atoms. The predicted molar refractivity (Wildman–Crippen MR) is 106 cm³/mol. The molecule has 146 valence electrons. The molecule has 0 aromatic heterocycles. The molecule has 2 aromatic carbocycles. The summed E-state index contributed by atoms with van der Waals surface area (Å²) in [5.74, 6) is 0.552. The maximum absolute atomic E-state index is 13.7. The lowest BCUT2D eigenvalue weighted by molar-refractivity contribution is -0.127. The van der Waals surface area contributed by atoms with Gasteiger partial charge in [-0.1, -0.05) is 6.07 Å². The van der Waals surface area contributed by atoms with E-state index in [9.17, 15) is 14.0 Å². The van der Waals surface area contributed by atoms with Crippen LogP contribution in [0.5, 0.6) is 5.75 Å². The van der Waals surface area contributed by atoms with Gasteiger partial charge in [-0.05, 0) is 42.3 Å². The molecule has 2 aliphatic heterocycles. The summed E-state index contributed by atoms with van der Waals surface area (Å²) in [6.45, 7) is 0.329. The van der Waals surface area contributed by atoms with Gasteiger partial charge >= 0.3 is 0 Å². The van der Waals surface area contributed by atoms with Crippen molar-refractivity contribution >= 4 is 29.3 Å². The normalized spacial score (nSPS) is 21.4. The number of amides is 2. The summed E-state index contributed by atoms with van der Waals surface area (Å²) in [7, 11) is 1.57. The van der Waals surface area contributed by atoms with Crippen LogP contribution in [0.1, 0.15) is 24.4 Å². The van der Waals surface area contributed by atoms with E-state index < -0.39 is 5.92 Å². The van der Waals surface area contributed by atoms with E-state index in [1.165, 1.54) is 12.1 Å². The largest absolute Gasteiger partial charge is 0.497 e. The minimum absolute atomic E-state index is 0.0842. The Morgan fingerprint density at radius 3 is 2.96 bits per heavy atom. The third-order valence-corrected chi connectivity index (χ3v) is 6.31. The molecule has 4 rings (SSSR count). The second-order valence-electron chi connectivity index (χ2n) is 6.99. The summed E-state index contributed by atoms with van der Waals surface area (Å²) in [5, 5.41) is 3.04. The molecular formula is C21H21FN2O3S. The van der Waals surface area contributed by atoms with E-state index >= 15 is 0 Å². The number of hydrogen-bond donors (Lipinski definition) is 1. The van der Waals surface area contributed by atoms with Crippen LogP contribution in [0.3, 0.4) is 0 Å². The van der Waals surface area contributed by atoms with E-state index in [-0.39, 0.29) is 30.1 Å². The fourth-order valence-electron chi connectivity index (χ4n) is 3.72. The predicted octanol–water partition coefficient (Wildman–Crippen LogP) is 3.54. The van der Waals surface area contributed by atoms with Gasteiger partial charge in [0.15, 0.2) is 0 Å². The molecule has 0 spiro atoms. The molecule has 5 nitrogen and oxygen atoms in total. The van der Waals surface area contributed by atoms with Crippen LogP contribution < -0.4 is 15.0 Å². The Morgan fingerprint density at radius 2 is 2.14 bits per heavy atom. The number of methoxy groups -OCH3 is 1. The first-order valence-corrected chi connectivity index (χ1v) is 10.2. The molecule has 2 heterocycles. The van der Waals surface area contributed by atoms with Crippen LogP contribution in [0.4, 0.5) is 10.1 Å². The average molecular weight is 400 g/mol. The summed E-state index contributed by atoms with van der Waals surface area (Å²) in [6, 6.07) is 11.7. The summed E-state index contributed by atoms with van der Waals surface area (Å²) >= 11 is 1.67. The molecule has 0 saturated carbocycles. The maximum atomic E-state index is 13.7. The number of benzene rings is 2. The number of fused-ring (bicyclic) bond motifs is 1. The SMILES string of the molecule is COc1cccc(N2CC(C(=O)NC3CCSc4ccc(F)cc43)CC2=O)c1. The first kappa shape index (κ1) is 18.8. The van der Waals surface area contributed by atoms with Gasteiger partial charge in [-0.15, -0.1) is 11.8 Å². The second-order valence-corrected chi connectivity index (χ2v) is 8.12. The Labute approximate surface area is 167 Å². The van der Waals surface area contributed by atoms with Crippen molar-refractivity contribution < 1.29 is 18.7 Å². The first-order chi connectivity index (χ1) is 13.5. The monoisotopic (exact) mass is 400 g/mol. The number of rotatable bonds is 4. The van der Waals surface area contributed by atoms with Gasteiger partial charge in [-0.2, -0.15) is 0 Å². The summed E-state index contributed by atoms with van der Waals surface area (Å²) in [6.07, 6.45) is 0.910. The molecule has 0 aliphatic carbocycles. The molecule has 2 aliphatic rings. The van der Waals surface area contributed by atoms with Crippen molar-refractivity contribution in [1.29, 1.82) is 0 Å². The van der Waals surface area contributed by atoms with Gasteiger partial charge in [0.1, 0.15) is 11.6 Å². The molecule has 2 aromatic rings. The minimum Gasteiger partial charge on any atom is -0.497 e. The highest BCUT2D eigenvalue weighted by molar-refractivity contribution is 7.99. The van der Waals surface area contributed by atoms with Crippen LogP contribution in [0.2, 0.25) is 0 Å². The number of halogens is 1. The van der Waals surface area contributed by atoms with Crippen LogP contribution in [-0.2, 0) is 9.59 Å². The Balaban J connectivity index is 1.47. The zero-order valence-corrected chi connectivity index (χ0v) is 16.3. The lowest BCUT2D eigenvalue weighted by atomic mass is 10.0. The summed E-state index contributed by atoms with van der Waals surface area (Å²) in [5.41, 5.74) is 1.54. The Kier molecular flexibility index (Phi) is 5.26. The standard InChI is InChI=1S/C21H21FN2O3S/c1-27-16-4-2-3-15(11-16)24-12-13(9-20(24)25)21(26)23-18-7-8-28-19-6-5-14(22)10-17(18)19/h2-6,10-11,13,18H,7-9,12H2,1H3,(H,23,26). The number of hydrogen-bond acceptors (Lipinski definition) is 4. The summed E-state index contributed by atoms with van der Waals surface area (Å²) in [4.78, 5) is 27.9. The second kappa shape index (κ2) is 7.83. The highest BCUT2D eigenvalue weighted by atomic mass is 32.2. The number of carbonyl (C=O) groups excluding carboxylic acids is 2. The topological polar surface area (TPSA) is 58.6 Å². The number of nitrogens with zero attached hydrogens (tertiary/aromatic N) is 1. The van der Waals surface area contributed by atoms with Crippen LogP contribution >= 0.6 is 11.8 Å². The molecule has 28 heavy (non-hydrogen) atoms. The van der Waals surface area contributed by atoms with Crippen molar-refractivity contribution in [1.82, 2.24) is 5.32 Å². The molecule has 2 atom stereocenters. The molecular weight excluding hydrogens is 379 g/mol. The van der Waals surface area contributed by atoms with Crippen molar-refractivity contribution in [2.75, 3.05) is 24.3 Å². The highest BCUT2D eigenvalue weighted by Gasteiger charge is 2.36. The molecule has 1 saturated heterocycles. The molecule has 2 amide bonds. The van der Waals surface area contributed by atoms with Crippen molar-refractivity contribution in [3.63, 3.8) is 0 Å². The first-order valence-electron chi connectivity index (χ1n) is 9.22. The number of thioether (sulfide) groups is 1. The van der Waals surface area contributed by atoms with Crippen LogP contribution in [0.15, 0.2) is 47.4 Å². The van der Waals surface area contributed by atoms with E-state index in [1.807, 2.05) is 18.2 Å². The minimum atomic E-state index is -0.426. The van der Waals surface area contributed by atoms with Crippen molar-refractivity contribution in [3.05, 3.63) is 53.8 Å². The van der Waals surface area contributed by atoms with E-state index in [2.05, 4.69) is 5.32 Å². The van der Waals surface area contributed by atoms with Gasteiger partial charge in [0, 0.05) is 35.4 Å². The third-order valence-electron chi connectivity index (χ3n) is 5.19. The fourth-order valence-corrected chi connectivity index (χ4v) is 4.82. The Hall–Kier alpha value is -2.54. The summed E-state index contributed by atoms with van der Waals surface area (Å²) < 4.78 is 18.9. The van der Waals surface area contributed by atoms with Gasteiger partial charge in [-0.25, -0.2) is 4.39 Å². The van der Waals surface area contributed by atoms with E-state index in [1.54, 1.807) is 35.9 Å². The third kappa shape index (κ3) is 3.71. The number of carbonyl (C=O) groups is 2. The molecule has 1 N–H and O–H groups in total. The van der Waals surface area contributed by atoms with E-state index in [0.29, 0.717) is 12.3 Å². The average Bonchev–Trinajstić information content (AvgIpc) is 3.10. The van der Waals surface area contributed by atoms with Crippen LogP contribution in [0, 0.1) is 11.7 Å². The van der Waals surface area contributed by atoms with E-state index in [0.717, 1.165) is 28.3 Å². The van der Waals surface area contributed by atoms with Gasteiger partial charge in [0.25, 0.3) is 0 Å². The molecule has 0 radical (unpaired) electrons. The Bertz CT molecular complexity index is 920. The van der Waals surface area contributed by atoms with Gasteiger partial charge in [0.05, 0.1) is 19.1 Å². The van der Waals surface area contributed by atoms with Gasteiger partial charge < -0.3 is 15.0 Å². The smallest absolute Gasteiger partial charge is 0.227 e. The fraction of sp³-hybridized carbons (Fsp3) is 0.333. The zero-order chi connectivity index (χ0) is 19.7. The number of nitrogens with one attached hydrogen (secondary N) is 1. The van der Waals surface area contributed by atoms with Crippen molar-refractivity contribution in [3.8, 4) is 5.75 Å². The number of anilines is 1. The lowest BCUT2D eigenvalue weighted by Gasteiger charge is -2.27. The maximum Gasteiger partial charge on any atom is 0.227 e. The molecule has 2 unspecified atom stereocenters. The number of ether oxygens (including phenoxy) is 1. The zero-order valence-electron chi connectivity index (χ0n) is 15.5. The molecule has 1 fully saturated rings. The van der Waals surface area contributed by atoms with Gasteiger partial charge in [-0.3, -0.25) is 9.59 Å². The van der Waals surface area contributed by atoms with Crippen molar-refractivity contribution in [2.45, 2.75) is 23.8 Å². The van der Waals surface area contributed by atoms with E-state index in [4.69, 9.17) is 4.74 Å². The van der Waals surface area contributed by atoms with Crippen LogP contribution in [-0.4, -0.2) is 31.2 Å². The van der Waals surface area contributed by atoms with Crippen molar-refractivity contribution in [2.24, 2.45) is 5.92 Å². The Morgan fingerprint density at radius 1 is 1.29 bits per heavy atom. The molecule has 7 heteroatoms. The lowest BCUT2D eigenvalue weighted by Crippen LogP contribution is -2.36. The quantitative estimate of drug-likeness (QED) is 0.853. The highest BCUT2D eigenvalue weighted by Crippen LogP contribution is 2.37. The van der Waals surface area contributed by atoms with Crippen LogP contribution in [0.25, 0.3) is 0 Å². The van der Waals surface area contributed by atoms with Gasteiger partial charge in [0.2, 0.25) is 11.8 Å².